The van der Waals surface area contributed by atoms with Crippen molar-refractivity contribution in [3.63, 3.8) is 0 Å². The van der Waals surface area contributed by atoms with Gasteiger partial charge in [-0.25, -0.2) is 0 Å². The number of rotatable bonds is 1. The molecule has 18 heavy (non-hydrogen) atoms. The Labute approximate surface area is 106 Å². The van der Waals surface area contributed by atoms with Gasteiger partial charge in [-0.2, -0.15) is 0 Å². The van der Waals surface area contributed by atoms with Crippen LogP contribution < -0.4 is 0 Å². The van der Waals surface area contributed by atoms with Gasteiger partial charge in [0.2, 0.25) is 0 Å². The highest BCUT2D eigenvalue weighted by Crippen LogP contribution is 2.31. The lowest BCUT2D eigenvalue weighted by molar-refractivity contribution is 0.0638. The Bertz CT molecular complexity index is 539. The number of allylic oxidation sites excluding steroid dienone is 2. The monoisotopic (exact) mass is 241 g/mol. The number of carbonyl (C=O) groups excluding carboxylic acids is 1. The molecule has 3 nitrogen and oxygen atoms in total. The molecule has 0 radical (unpaired) electrons. The van der Waals surface area contributed by atoms with E-state index < -0.39 is 0 Å². The number of carbonyl (C=O) groups is 1. The van der Waals surface area contributed by atoms with Crippen LogP contribution in [0.3, 0.4) is 0 Å². The van der Waals surface area contributed by atoms with Gasteiger partial charge in [0, 0.05) is 35.5 Å². The third-order valence-corrected chi connectivity index (χ3v) is 3.40. The Hall–Kier alpha value is -1.87. The molecule has 0 N–H and O–H groups in total. The molecule has 1 aromatic rings. The Balaban J connectivity index is 2.05. The van der Waals surface area contributed by atoms with Crippen molar-refractivity contribution in [3.05, 3.63) is 53.6 Å². The molecular formula is C15H15NO2. The molecule has 0 bridgehead atoms. The summed E-state index contributed by atoms with van der Waals surface area (Å²) in [5.41, 5.74) is 3.43. The Morgan fingerprint density at radius 3 is 2.50 bits per heavy atom. The number of hydrogen-bond donors (Lipinski definition) is 0. The first-order valence-electron chi connectivity index (χ1n) is 6.15. The molecule has 0 atom stereocenters. The molecule has 3 rings (SSSR count). The van der Waals surface area contributed by atoms with Gasteiger partial charge in [-0.1, -0.05) is 30.8 Å². The van der Waals surface area contributed by atoms with Gasteiger partial charge < -0.3 is 9.64 Å². The van der Waals surface area contributed by atoms with Crippen LogP contribution in [0.4, 0.5) is 0 Å². The van der Waals surface area contributed by atoms with Crippen LogP contribution >= 0.6 is 0 Å². The number of hydrogen-bond acceptors (Lipinski definition) is 3. The highest BCUT2D eigenvalue weighted by molar-refractivity contribution is 6.16. The number of fused-ring (bicyclic) bond motifs is 1. The van der Waals surface area contributed by atoms with Crippen LogP contribution in [0.15, 0.2) is 42.5 Å². The van der Waals surface area contributed by atoms with Crippen molar-refractivity contribution < 1.29 is 9.53 Å². The van der Waals surface area contributed by atoms with Gasteiger partial charge in [-0.3, -0.25) is 4.79 Å². The van der Waals surface area contributed by atoms with E-state index in [2.05, 4.69) is 11.5 Å². The first kappa shape index (κ1) is 11.2. The van der Waals surface area contributed by atoms with Crippen LogP contribution in [0.2, 0.25) is 0 Å². The summed E-state index contributed by atoms with van der Waals surface area (Å²) in [5, 5.41) is 0. The number of Topliss-reactive ketones (excluding diaryl/α,β-unsaturated/α-hetero) is 1. The van der Waals surface area contributed by atoms with Gasteiger partial charge >= 0.3 is 0 Å². The lowest BCUT2D eigenvalue weighted by Gasteiger charge is -2.33. The molecule has 1 aliphatic carbocycles. The lowest BCUT2D eigenvalue weighted by atomic mass is 9.90. The second-order valence-electron chi connectivity index (χ2n) is 4.53. The lowest BCUT2D eigenvalue weighted by Crippen LogP contribution is -2.36. The first-order chi connectivity index (χ1) is 8.77. The average molecular weight is 241 g/mol. The standard InChI is InChI=1S/C15H15NO2/c1-11-10-14(16-6-8-18-9-7-16)12-4-2-3-5-13(12)15(11)17/h2-5,10H,1,6-9H2. The van der Waals surface area contributed by atoms with Crippen molar-refractivity contribution in [1.82, 2.24) is 4.90 Å². The van der Waals surface area contributed by atoms with E-state index in [1.54, 1.807) is 0 Å². The normalized spacial score (nSPS) is 19.6. The van der Waals surface area contributed by atoms with Gasteiger partial charge in [-0.15, -0.1) is 0 Å². The van der Waals surface area contributed by atoms with Crippen LogP contribution in [0.5, 0.6) is 0 Å². The molecule has 0 saturated carbocycles. The third-order valence-electron chi connectivity index (χ3n) is 3.40. The predicted octanol–water partition coefficient (Wildman–Crippen LogP) is 2.11. The van der Waals surface area contributed by atoms with Gasteiger partial charge in [0.25, 0.3) is 0 Å². The predicted molar refractivity (Wildman–Crippen MR) is 70.3 cm³/mol. The van der Waals surface area contributed by atoms with E-state index in [1.807, 2.05) is 30.3 Å². The van der Waals surface area contributed by atoms with E-state index in [0.29, 0.717) is 5.57 Å². The minimum absolute atomic E-state index is 0.0302. The molecule has 2 aliphatic rings. The van der Waals surface area contributed by atoms with Crippen LogP contribution in [-0.4, -0.2) is 37.0 Å². The number of morpholine rings is 1. The maximum Gasteiger partial charge on any atom is 0.193 e. The molecule has 1 fully saturated rings. The van der Waals surface area contributed by atoms with Crippen molar-refractivity contribution in [2.24, 2.45) is 0 Å². The Morgan fingerprint density at radius 2 is 1.78 bits per heavy atom. The summed E-state index contributed by atoms with van der Waals surface area (Å²) in [5.74, 6) is 0.0302. The second-order valence-corrected chi connectivity index (χ2v) is 4.53. The fourth-order valence-electron chi connectivity index (χ4n) is 2.45. The molecule has 1 aromatic carbocycles. The van der Waals surface area contributed by atoms with Crippen LogP contribution in [-0.2, 0) is 4.74 Å². The van der Waals surface area contributed by atoms with Crippen molar-refractivity contribution in [2.45, 2.75) is 0 Å². The van der Waals surface area contributed by atoms with E-state index in [4.69, 9.17) is 4.74 Å². The van der Waals surface area contributed by atoms with Crippen molar-refractivity contribution in [1.29, 1.82) is 0 Å². The van der Waals surface area contributed by atoms with E-state index in [9.17, 15) is 4.79 Å². The highest BCUT2D eigenvalue weighted by atomic mass is 16.5. The summed E-state index contributed by atoms with van der Waals surface area (Å²) < 4.78 is 5.37. The van der Waals surface area contributed by atoms with Gasteiger partial charge in [0.15, 0.2) is 5.78 Å². The fraction of sp³-hybridized carbons (Fsp3) is 0.267. The van der Waals surface area contributed by atoms with Gasteiger partial charge in [0.1, 0.15) is 0 Å². The summed E-state index contributed by atoms with van der Waals surface area (Å²) in [6, 6.07) is 7.73. The number of ketones is 1. The summed E-state index contributed by atoms with van der Waals surface area (Å²) in [4.78, 5) is 14.3. The maximum absolute atomic E-state index is 12.1. The molecule has 3 heteroatoms. The topological polar surface area (TPSA) is 29.5 Å². The molecule has 1 aliphatic heterocycles. The molecule has 92 valence electrons. The highest BCUT2D eigenvalue weighted by Gasteiger charge is 2.25. The molecule has 1 heterocycles. The van der Waals surface area contributed by atoms with E-state index in [0.717, 1.165) is 43.1 Å². The molecule has 0 unspecified atom stereocenters. The largest absolute Gasteiger partial charge is 0.378 e. The summed E-state index contributed by atoms with van der Waals surface area (Å²) >= 11 is 0. The van der Waals surface area contributed by atoms with Crippen LogP contribution in [0.25, 0.3) is 5.70 Å². The number of ether oxygens (including phenoxy) is 1. The zero-order valence-electron chi connectivity index (χ0n) is 10.2. The minimum Gasteiger partial charge on any atom is -0.378 e. The van der Waals surface area contributed by atoms with Crippen molar-refractivity contribution >= 4 is 11.5 Å². The first-order valence-corrected chi connectivity index (χ1v) is 6.15. The maximum atomic E-state index is 12.1. The van der Waals surface area contributed by atoms with Crippen LogP contribution in [0, 0.1) is 0 Å². The van der Waals surface area contributed by atoms with Gasteiger partial charge in [-0.05, 0) is 6.08 Å². The molecular weight excluding hydrogens is 226 g/mol. The van der Waals surface area contributed by atoms with E-state index >= 15 is 0 Å². The zero-order valence-corrected chi connectivity index (χ0v) is 10.2. The molecule has 0 aromatic heterocycles. The molecule has 1 saturated heterocycles. The SMILES string of the molecule is C=C1C=C(N2CCOCC2)c2ccccc2C1=O. The van der Waals surface area contributed by atoms with E-state index in [-0.39, 0.29) is 5.78 Å². The fourth-order valence-corrected chi connectivity index (χ4v) is 2.45. The number of benzene rings is 1. The molecule has 0 spiro atoms. The third kappa shape index (κ3) is 1.77. The summed E-state index contributed by atoms with van der Waals surface area (Å²) in [7, 11) is 0. The van der Waals surface area contributed by atoms with E-state index in [1.165, 1.54) is 0 Å². The smallest absolute Gasteiger partial charge is 0.193 e. The minimum atomic E-state index is 0.0302. The zero-order chi connectivity index (χ0) is 12.5. The van der Waals surface area contributed by atoms with Crippen molar-refractivity contribution in [3.8, 4) is 0 Å². The Morgan fingerprint density at radius 1 is 1.11 bits per heavy atom. The van der Waals surface area contributed by atoms with Crippen molar-refractivity contribution in [2.75, 3.05) is 26.3 Å². The summed E-state index contributed by atoms with van der Waals surface area (Å²) in [6.45, 7) is 7.05. The quantitative estimate of drug-likeness (QED) is 0.705. The second kappa shape index (κ2) is 4.42. The van der Waals surface area contributed by atoms with Crippen LogP contribution in [0.1, 0.15) is 15.9 Å². The average Bonchev–Trinajstić information content (AvgIpc) is 2.44. The summed E-state index contributed by atoms with van der Waals surface area (Å²) in [6.07, 6.45) is 1.90. The Kier molecular flexibility index (Phi) is 2.76. The van der Waals surface area contributed by atoms with Gasteiger partial charge in [0.05, 0.1) is 13.2 Å². The molecule has 0 amide bonds. The number of nitrogens with zero attached hydrogens (tertiary/aromatic N) is 1.